The van der Waals surface area contributed by atoms with E-state index in [1.54, 1.807) is 0 Å². The molecule has 0 aliphatic carbocycles. The fourth-order valence-electron chi connectivity index (χ4n) is 0.114. The van der Waals surface area contributed by atoms with Gasteiger partial charge < -0.3 is 9.74 Å². The summed E-state index contributed by atoms with van der Waals surface area (Å²) in [6.45, 7) is 3.17. The molecule has 0 aromatic heterocycles. The summed E-state index contributed by atoms with van der Waals surface area (Å²) in [5, 5.41) is 8.43. The van der Waals surface area contributed by atoms with Crippen molar-refractivity contribution in [3.8, 4) is 0 Å². The van der Waals surface area contributed by atoms with E-state index in [1.165, 1.54) is 6.08 Å². The summed E-state index contributed by atoms with van der Waals surface area (Å²) in [6, 6.07) is 0. The van der Waals surface area contributed by atoms with Crippen LogP contribution in [0.1, 0.15) is 0 Å². The van der Waals surface area contributed by atoms with Gasteiger partial charge >= 0.3 is 0 Å². The normalized spacial score (nSPS) is 8.00. The van der Waals surface area contributed by atoms with Crippen LogP contribution in [0.4, 0.5) is 0 Å². The third-order valence-electron chi connectivity index (χ3n) is 0.298. The van der Waals surface area contributed by atoms with Gasteiger partial charge in [-0.2, -0.15) is 0 Å². The molecule has 0 heterocycles. The third kappa shape index (κ3) is 50.4. The van der Waals surface area contributed by atoms with E-state index >= 15 is 0 Å². The molecule has 5 heteroatoms. The minimum Gasteiger partial charge on any atom is -0.312 e. The highest BCUT2D eigenvalue weighted by atomic mass is 16.9. The fraction of sp³-hybridized carbons (Fsp3) is 0.667. The Balaban J connectivity index is 0. The highest BCUT2D eigenvalue weighted by molar-refractivity contribution is 4.61. The van der Waals surface area contributed by atoms with Gasteiger partial charge in [0.25, 0.3) is 5.09 Å². The van der Waals surface area contributed by atoms with E-state index in [0.29, 0.717) is 0 Å². The van der Waals surface area contributed by atoms with Crippen molar-refractivity contribution in [1.82, 2.24) is 4.90 Å². The van der Waals surface area contributed by atoms with Gasteiger partial charge in [-0.3, -0.25) is 0 Å². The molecule has 0 amide bonds. The summed E-state index contributed by atoms with van der Waals surface area (Å²) >= 11 is 0. The smallest absolute Gasteiger partial charge is 0.294 e. The molecule has 0 N–H and O–H groups in total. The predicted octanol–water partition coefficient (Wildman–Crippen LogP) is 0.558. The van der Waals surface area contributed by atoms with Gasteiger partial charge in [0.15, 0.2) is 0 Å². The van der Waals surface area contributed by atoms with Crippen molar-refractivity contribution in [3.05, 3.63) is 22.8 Å². The Bertz CT molecular complexity index is 112. The molecular formula is C6H14N2O3. The van der Waals surface area contributed by atoms with Crippen LogP contribution in [-0.2, 0) is 4.84 Å². The van der Waals surface area contributed by atoms with Gasteiger partial charge in [-0.25, -0.2) is 0 Å². The maximum atomic E-state index is 9.29. The molecular weight excluding hydrogens is 148 g/mol. The lowest BCUT2D eigenvalue weighted by Crippen LogP contribution is -1.99. The van der Waals surface area contributed by atoms with Crippen LogP contribution >= 0.6 is 0 Å². The van der Waals surface area contributed by atoms with Crippen molar-refractivity contribution in [3.63, 3.8) is 0 Å². The predicted molar refractivity (Wildman–Crippen MR) is 42.8 cm³/mol. The first-order chi connectivity index (χ1) is 5.00. The Kier molecular flexibility index (Phi) is 10.2. The van der Waals surface area contributed by atoms with Crippen LogP contribution in [0.5, 0.6) is 0 Å². The van der Waals surface area contributed by atoms with Gasteiger partial charge in [0, 0.05) is 0 Å². The van der Waals surface area contributed by atoms with Gasteiger partial charge in [0.1, 0.15) is 6.61 Å². The highest BCUT2D eigenvalue weighted by Crippen LogP contribution is 1.71. The second kappa shape index (κ2) is 8.90. The molecule has 0 saturated carbocycles. The Morgan fingerprint density at radius 2 is 2.00 bits per heavy atom. The molecule has 0 saturated heterocycles. The van der Waals surface area contributed by atoms with Gasteiger partial charge in [-0.15, -0.1) is 16.7 Å². The van der Waals surface area contributed by atoms with E-state index in [2.05, 4.69) is 11.4 Å². The topological polar surface area (TPSA) is 55.6 Å². The van der Waals surface area contributed by atoms with Crippen LogP contribution in [0, 0.1) is 10.1 Å². The summed E-state index contributed by atoms with van der Waals surface area (Å²) in [5.74, 6) is 0. The molecule has 0 aliphatic heterocycles. The van der Waals surface area contributed by atoms with Crippen molar-refractivity contribution in [2.24, 2.45) is 0 Å². The van der Waals surface area contributed by atoms with Gasteiger partial charge in [-0.05, 0) is 21.1 Å². The SMILES string of the molecule is C=CCO[N+](=O)[O-].CN(C)C. The minimum absolute atomic E-state index is 0.0347. The highest BCUT2D eigenvalue weighted by Gasteiger charge is 1.85. The quantitative estimate of drug-likeness (QED) is 0.345. The monoisotopic (exact) mass is 162 g/mol. The van der Waals surface area contributed by atoms with E-state index in [9.17, 15) is 10.1 Å². The summed E-state index contributed by atoms with van der Waals surface area (Å²) < 4.78 is 0. The Labute approximate surface area is 66.4 Å². The van der Waals surface area contributed by atoms with Crippen molar-refractivity contribution in [2.75, 3.05) is 27.7 Å². The first-order valence-corrected chi connectivity index (χ1v) is 2.99. The summed E-state index contributed by atoms with van der Waals surface area (Å²) in [5.41, 5.74) is 0. The standard InChI is InChI=1S/C3H5NO3.C3H9N/c1-2-3-7-4(5)6;1-4(2)3/h2H,1,3H2;1-3H3. The second-order valence-electron chi connectivity index (χ2n) is 2.15. The summed E-state index contributed by atoms with van der Waals surface area (Å²) in [4.78, 5) is 15.1. The lowest BCUT2D eigenvalue weighted by molar-refractivity contribution is -0.755. The molecule has 0 radical (unpaired) electrons. The van der Waals surface area contributed by atoms with E-state index in [-0.39, 0.29) is 6.61 Å². The second-order valence-corrected chi connectivity index (χ2v) is 2.15. The zero-order valence-corrected chi connectivity index (χ0v) is 7.11. The largest absolute Gasteiger partial charge is 0.312 e. The average molecular weight is 162 g/mol. The Morgan fingerprint density at radius 3 is 2.09 bits per heavy atom. The van der Waals surface area contributed by atoms with Crippen LogP contribution in [0.15, 0.2) is 12.7 Å². The molecule has 0 rings (SSSR count). The van der Waals surface area contributed by atoms with Gasteiger partial charge in [0.2, 0.25) is 0 Å². The molecule has 0 aromatic rings. The van der Waals surface area contributed by atoms with Crippen molar-refractivity contribution in [2.45, 2.75) is 0 Å². The maximum Gasteiger partial charge on any atom is 0.294 e. The number of hydrogen-bond donors (Lipinski definition) is 0. The van der Waals surface area contributed by atoms with Crippen LogP contribution < -0.4 is 0 Å². The van der Waals surface area contributed by atoms with E-state index in [0.717, 1.165) is 0 Å². The van der Waals surface area contributed by atoms with Crippen LogP contribution in [0.25, 0.3) is 0 Å². The van der Waals surface area contributed by atoms with Crippen LogP contribution in [-0.4, -0.2) is 37.7 Å². The fourth-order valence-corrected chi connectivity index (χ4v) is 0.114. The summed E-state index contributed by atoms with van der Waals surface area (Å²) in [6.07, 6.45) is 1.31. The van der Waals surface area contributed by atoms with Crippen LogP contribution in [0.2, 0.25) is 0 Å². The number of rotatable bonds is 3. The number of hydrogen-bond acceptors (Lipinski definition) is 4. The molecule has 0 aliphatic rings. The molecule has 0 fully saturated rings. The Morgan fingerprint density at radius 1 is 1.64 bits per heavy atom. The summed E-state index contributed by atoms with van der Waals surface area (Å²) in [7, 11) is 6.00. The third-order valence-corrected chi connectivity index (χ3v) is 0.298. The molecule has 5 nitrogen and oxygen atoms in total. The molecule has 0 spiro atoms. The van der Waals surface area contributed by atoms with Gasteiger partial charge in [-0.1, -0.05) is 6.08 Å². The molecule has 0 bridgehead atoms. The zero-order valence-electron chi connectivity index (χ0n) is 7.11. The lowest BCUT2D eigenvalue weighted by Gasteiger charge is -1.90. The van der Waals surface area contributed by atoms with Crippen molar-refractivity contribution >= 4 is 0 Å². The molecule has 11 heavy (non-hydrogen) atoms. The van der Waals surface area contributed by atoms with E-state index in [4.69, 9.17) is 0 Å². The zero-order chi connectivity index (χ0) is 9.28. The molecule has 66 valence electrons. The minimum atomic E-state index is -0.859. The van der Waals surface area contributed by atoms with Crippen LogP contribution in [0.3, 0.4) is 0 Å². The lowest BCUT2D eigenvalue weighted by atomic mass is 10.7. The first-order valence-electron chi connectivity index (χ1n) is 2.99. The van der Waals surface area contributed by atoms with Crippen molar-refractivity contribution < 1.29 is 9.92 Å². The molecule has 0 atom stereocenters. The number of nitrogens with zero attached hydrogens (tertiary/aromatic N) is 2. The molecule has 0 unspecified atom stereocenters. The van der Waals surface area contributed by atoms with E-state index < -0.39 is 5.09 Å². The van der Waals surface area contributed by atoms with E-state index in [1.807, 2.05) is 26.0 Å². The average Bonchev–Trinajstić information content (AvgIpc) is 1.82. The molecule has 0 aromatic carbocycles. The maximum absolute atomic E-state index is 9.29. The first kappa shape index (κ1) is 12.6. The Hall–Kier alpha value is -1.10. The van der Waals surface area contributed by atoms with Crippen molar-refractivity contribution in [1.29, 1.82) is 0 Å². The van der Waals surface area contributed by atoms with Gasteiger partial charge in [0.05, 0.1) is 0 Å².